The predicted octanol–water partition coefficient (Wildman–Crippen LogP) is 1.07. The second-order valence-electron chi connectivity index (χ2n) is 4.61. The van der Waals surface area contributed by atoms with Crippen molar-refractivity contribution in [1.82, 2.24) is 9.88 Å². The van der Waals surface area contributed by atoms with E-state index in [4.69, 9.17) is 11.6 Å². The number of pyridine rings is 1. The van der Waals surface area contributed by atoms with Gasteiger partial charge in [0.25, 0.3) is 6.43 Å². The van der Waals surface area contributed by atoms with Gasteiger partial charge >= 0.3 is 5.97 Å². The monoisotopic (exact) mass is 332 g/mol. The first-order valence-electron chi connectivity index (χ1n) is 6.25. The Labute approximate surface area is 129 Å². The Kier molecular flexibility index (Phi) is 5.02. The molecule has 6 nitrogen and oxygen atoms in total. The number of alkyl halides is 2. The second-order valence-corrected chi connectivity index (χ2v) is 4.99. The van der Waals surface area contributed by atoms with Crippen molar-refractivity contribution in [3.05, 3.63) is 29.0 Å². The number of hydrogen-bond acceptors (Lipinski definition) is 5. The van der Waals surface area contributed by atoms with Gasteiger partial charge < -0.3 is 9.64 Å². The zero-order valence-corrected chi connectivity index (χ0v) is 11.9. The molecule has 1 atom stereocenters. The Balaban J connectivity index is 2.18. The van der Waals surface area contributed by atoms with Gasteiger partial charge in [-0.25, -0.2) is 13.8 Å². The number of esters is 1. The first-order chi connectivity index (χ1) is 10.4. The number of cyclic esters (lactones) is 1. The van der Waals surface area contributed by atoms with Crippen molar-refractivity contribution in [2.75, 3.05) is 13.2 Å². The van der Waals surface area contributed by atoms with Gasteiger partial charge in [0.15, 0.2) is 18.3 Å². The van der Waals surface area contributed by atoms with Gasteiger partial charge in [0, 0.05) is 12.7 Å². The van der Waals surface area contributed by atoms with Gasteiger partial charge in [0.2, 0.25) is 5.91 Å². The largest absolute Gasteiger partial charge is 0.457 e. The molecule has 1 aromatic heterocycles. The van der Waals surface area contributed by atoms with E-state index in [-0.39, 0.29) is 11.7 Å². The van der Waals surface area contributed by atoms with Gasteiger partial charge in [-0.1, -0.05) is 17.7 Å². The minimum absolute atomic E-state index is 0.213. The normalized spacial score (nSPS) is 17.7. The van der Waals surface area contributed by atoms with Crippen LogP contribution in [-0.4, -0.2) is 47.1 Å². The zero-order chi connectivity index (χ0) is 16.3. The number of Topliss-reactive ketones (excluding diaryl/α,β-unsaturated/α-hetero) is 1. The number of nitrogens with zero attached hydrogens (tertiary/aromatic N) is 2. The van der Waals surface area contributed by atoms with Crippen molar-refractivity contribution < 1.29 is 27.9 Å². The van der Waals surface area contributed by atoms with E-state index in [2.05, 4.69) is 9.72 Å². The number of carbonyl (C=O) groups is 3. The van der Waals surface area contributed by atoms with E-state index in [9.17, 15) is 23.2 Å². The van der Waals surface area contributed by atoms with Crippen molar-refractivity contribution in [1.29, 1.82) is 0 Å². The Morgan fingerprint density at radius 1 is 1.45 bits per heavy atom. The summed E-state index contributed by atoms with van der Waals surface area (Å²) in [6.45, 7) is -1.64. The number of hydrogen-bond donors (Lipinski definition) is 0. The summed E-state index contributed by atoms with van der Waals surface area (Å²) in [6.07, 6.45) is -1.49. The lowest BCUT2D eigenvalue weighted by molar-refractivity contribution is -0.150. The molecule has 0 aromatic carbocycles. The van der Waals surface area contributed by atoms with Gasteiger partial charge in [-0.2, -0.15) is 0 Å². The molecule has 1 aliphatic rings. The number of halogens is 3. The van der Waals surface area contributed by atoms with Crippen LogP contribution >= 0.6 is 11.6 Å². The lowest BCUT2D eigenvalue weighted by Crippen LogP contribution is -2.42. The van der Waals surface area contributed by atoms with Crippen LogP contribution in [0, 0.1) is 5.92 Å². The van der Waals surface area contributed by atoms with Crippen LogP contribution in [0.1, 0.15) is 5.56 Å². The number of ketones is 1. The molecule has 0 saturated carbocycles. The summed E-state index contributed by atoms with van der Waals surface area (Å²) in [6, 6.07) is 2.95. The Bertz CT molecular complexity index is 578. The van der Waals surface area contributed by atoms with Crippen LogP contribution in [0.2, 0.25) is 5.15 Å². The van der Waals surface area contributed by atoms with Crippen LogP contribution in [0.3, 0.4) is 0 Å². The molecular formula is C13H11ClF2N2O4. The van der Waals surface area contributed by atoms with Crippen LogP contribution < -0.4 is 0 Å². The quantitative estimate of drug-likeness (QED) is 0.458. The molecule has 2 rings (SSSR count). The number of ether oxygens (including phenoxy) is 1. The van der Waals surface area contributed by atoms with Crippen molar-refractivity contribution in [3.63, 3.8) is 0 Å². The first-order valence-corrected chi connectivity index (χ1v) is 6.63. The summed E-state index contributed by atoms with van der Waals surface area (Å²) in [7, 11) is 0. The molecule has 2 heterocycles. The molecule has 1 amide bonds. The Hall–Kier alpha value is -2.09. The van der Waals surface area contributed by atoms with E-state index in [1.54, 1.807) is 0 Å². The first kappa shape index (κ1) is 16.3. The van der Waals surface area contributed by atoms with E-state index in [1.165, 1.54) is 18.3 Å². The van der Waals surface area contributed by atoms with Crippen LogP contribution in [0.25, 0.3) is 0 Å². The molecular weight excluding hydrogens is 322 g/mol. The summed E-state index contributed by atoms with van der Waals surface area (Å²) in [5.41, 5.74) is 0.442. The maximum atomic E-state index is 12.7. The number of rotatable bonds is 5. The van der Waals surface area contributed by atoms with Crippen LogP contribution in [0.4, 0.5) is 8.78 Å². The summed E-state index contributed by atoms with van der Waals surface area (Å²) in [4.78, 5) is 39.6. The average Bonchev–Trinajstić information content (AvgIpc) is 2.78. The predicted molar refractivity (Wildman–Crippen MR) is 70.1 cm³/mol. The zero-order valence-electron chi connectivity index (χ0n) is 11.2. The number of amides is 1. The smallest absolute Gasteiger partial charge is 0.326 e. The van der Waals surface area contributed by atoms with Crippen molar-refractivity contribution >= 4 is 29.3 Å². The minimum atomic E-state index is -2.81. The summed E-state index contributed by atoms with van der Waals surface area (Å²) in [5.74, 6) is -4.41. The van der Waals surface area contributed by atoms with Crippen LogP contribution in [-0.2, 0) is 25.7 Å². The molecule has 1 unspecified atom stereocenters. The number of aromatic nitrogens is 1. The fourth-order valence-corrected chi connectivity index (χ4v) is 2.09. The van der Waals surface area contributed by atoms with E-state index in [1.807, 2.05) is 0 Å². The molecule has 0 bridgehead atoms. The molecule has 0 aliphatic carbocycles. The van der Waals surface area contributed by atoms with E-state index >= 15 is 0 Å². The summed E-state index contributed by atoms with van der Waals surface area (Å²) in [5, 5.41) is 0.213. The highest BCUT2D eigenvalue weighted by atomic mass is 35.5. The van der Waals surface area contributed by atoms with E-state index in [0.717, 1.165) is 4.90 Å². The standard InChI is InChI=1S/C13H11ClF2N2O4/c14-9-2-1-7(3-17-9)4-18(5-10(15)16)12(20)11-8(19)6-22-13(11)21/h1-3,10-11H,4-6H2. The molecule has 1 saturated heterocycles. The van der Waals surface area contributed by atoms with E-state index < -0.39 is 43.2 Å². The molecule has 0 spiro atoms. The maximum absolute atomic E-state index is 12.7. The molecule has 22 heavy (non-hydrogen) atoms. The Morgan fingerprint density at radius 2 is 2.18 bits per heavy atom. The van der Waals surface area contributed by atoms with Crippen molar-refractivity contribution in [3.8, 4) is 0 Å². The van der Waals surface area contributed by atoms with Crippen LogP contribution in [0.15, 0.2) is 18.3 Å². The molecule has 0 radical (unpaired) electrons. The topological polar surface area (TPSA) is 76.6 Å². The van der Waals surface area contributed by atoms with Crippen molar-refractivity contribution in [2.24, 2.45) is 5.92 Å². The summed E-state index contributed by atoms with van der Waals surface area (Å²) < 4.78 is 29.8. The second kappa shape index (κ2) is 6.78. The summed E-state index contributed by atoms with van der Waals surface area (Å²) >= 11 is 5.62. The van der Waals surface area contributed by atoms with Gasteiger partial charge in [-0.05, 0) is 11.6 Å². The highest BCUT2D eigenvalue weighted by Crippen LogP contribution is 2.18. The SMILES string of the molecule is O=C1COC(=O)C1C(=O)N(Cc1ccc(Cl)nc1)CC(F)F. The van der Waals surface area contributed by atoms with E-state index in [0.29, 0.717) is 5.56 Å². The molecule has 9 heteroatoms. The molecule has 118 valence electrons. The van der Waals surface area contributed by atoms with Gasteiger partial charge in [-0.3, -0.25) is 14.4 Å². The third-order valence-corrected chi connectivity index (χ3v) is 3.22. The third-order valence-electron chi connectivity index (χ3n) is 2.99. The maximum Gasteiger partial charge on any atom is 0.326 e. The Morgan fingerprint density at radius 3 is 2.68 bits per heavy atom. The van der Waals surface area contributed by atoms with Crippen LogP contribution in [0.5, 0.6) is 0 Å². The number of carbonyl (C=O) groups excluding carboxylic acids is 3. The molecule has 1 aromatic rings. The van der Waals surface area contributed by atoms with Crippen molar-refractivity contribution in [2.45, 2.75) is 13.0 Å². The lowest BCUT2D eigenvalue weighted by atomic mass is 10.1. The highest BCUT2D eigenvalue weighted by molar-refractivity contribution is 6.29. The minimum Gasteiger partial charge on any atom is -0.457 e. The fraction of sp³-hybridized carbons (Fsp3) is 0.385. The lowest BCUT2D eigenvalue weighted by Gasteiger charge is -2.23. The molecule has 0 N–H and O–H groups in total. The van der Waals surface area contributed by atoms with Gasteiger partial charge in [-0.15, -0.1) is 0 Å². The third kappa shape index (κ3) is 3.76. The average molecular weight is 333 g/mol. The van der Waals surface area contributed by atoms with Gasteiger partial charge in [0.05, 0.1) is 6.54 Å². The fourth-order valence-electron chi connectivity index (χ4n) is 1.98. The highest BCUT2D eigenvalue weighted by Gasteiger charge is 2.43. The molecule has 1 fully saturated rings. The van der Waals surface area contributed by atoms with Gasteiger partial charge in [0.1, 0.15) is 5.15 Å². The molecule has 1 aliphatic heterocycles.